The highest BCUT2D eigenvalue weighted by atomic mass is 32.2. The molecule has 2 rings (SSSR count). The van der Waals surface area contributed by atoms with Crippen molar-refractivity contribution < 1.29 is 17.7 Å². The van der Waals surface area contributed by atoms with E-state index in [9.17, 15) is 22.9 Å². The standard InChI is InChI=1S/C10H7FN4O4S/c11-9-3-1-7(5-12-9)14-20(18,19)8-2-4-10(13-6-8)15(16)17/h1-6,14H. The third-order valence-corrected chi connectivity index (χ3v) is 3.56. The molecule has 0 saturated heterocycles. The van der Waals surface area contributed by atoms with E-state index in [2.05, 4.69) is 14.7 Å². The number of nitro groups is 1. The Kier molecular flexibility index (Phi) is 3.57. The van der Waals surface area contributed by atoms with Gasteiger partial charge in [0, 0.05) is 6.07 Å². The van der Waals surface area contributed by atoms with Crippen LogP contribution < -0.4 is 4.72 Å². The molecular formula is C10H7FN4O4S. The van der Waals surface area contributed by atoms with Gasteiger partial charge in [-0.25, -0.2) is 13.4 Å². The van der Waals surface area contributed by atoms with Crippen LogP contribution in [-0.2, 0) is 10.0 Å². The number of rotatable bonds is 4. The van der Waals surface area contributed by atoms with E-state index in [1.54, 1.807) is 0 Å². The first-order valence-corrected chi connectivity index (χ1v) is 6.61. The van der Waals surface area contributed by atoms with E-state index in [1.165, 1.54) is 6.07 Å². The summed E-state index contributed by atoms with van der Waals surface area (Å²) < 4.78 is 38.6. The molecule has 0 aliphatic rings. The van der Waals surface area contributed by atoms with Gasteiger partial charge in [0.05, 0.1) is 11.9 Å². The lowest BCUT2D eigenvalue weighted by Crippen LogP contribution is -2.13. The first-order chi connectivity index (χ1) is 9.38. The molecule has 2 aromatic rings. The normalized spacial score (nSPS) is 11.1. The molecule has 0 radical (unpaired) electrons. The van der Waals surface area contributed by atoms with Crippen LogP contribution in [0, 0.1) is 16.1 Å². The van der Waals surface area contributed by atoms with Crippen molar-refractivity contribution in [1.82, 2.24) is 9.97 Å². The molecule has 104 valence electrons. The number of hydrogen-bond donors (Lipinski definition) is 1. The number of halogens is 1. The molecule has 0 aliphatic heterocycles. The Morgan fingerprint density at radius 2 is 1.90 bits per heavy atom. The summed E-state index contributed by atoms with van der Waals surface area (Å²) >= 11 is 0. The molecule has 2 heterocycles. The molecule has 1 N–H and O–H groups in total. The van der Waals surface area contributed by atoms with E-state index in [0.717, 1.165) is 30.6 Å². The van der Waals surface area contributed by atoms with Crippen LogP contribution in [0.2, 0.25) is 0 Å². The van der Waals surface area contributed by atoms with Crippen LogP contribution in [0.3, 0.4) is 0 Å². The quantitative estimate of drug-likeness (QED) is 0.517. The highest BCUT2D eigenvalue weighted by molar-refractivity contribution is 7.92. The number of anilines is 1. The fourth-order valence-corrected chi connectivity index (χ4v) is 2.28. The summed E-state index contributed by atoms with van der Waals surface area (Å²) in [7, 11) is -3.97. The SMILES string of the molecule is O=[N+]([O-])c1ccc(S(=O)(=O)Nc2ccc(F)nc2)cn1. The number of pyridine rings is 2. The van der Waals surface area contributed by atoms with Gasteiger partial charge < -0.3 is 10.1 Å². The van der Waals surface area contributed by atoms with Crippen LogP contribution in [0.1, 0.15) is 0 Å². The maximum atomic E-state index is 12.6. The number of nitrogens with one attached hydrogen (secondary N) is 1. The number of nitrogens with zero attached hydrogens (tertiary/aromatic N) is 3. The Balaban J connectivity index is 2.26. The summed E-state index contributed by atoms with van der Waals surface area (Å²) in [6, 6.07) is 4.20. The highest BCUT2D eigenvalue weighted by Crippen LogP contribution is 2.16. The molecule has 20 heavy (non-hydrogen) atoms. The molecule has 0 saturated carbocycles. The predicted molar refractivity (Wildman–Crippen MR) is 65.9 cm³/mol. The predicted octanol–water partition coefficient (Wildman–Crippen LogP) is 1.32. The van der Waals surface area contributed by atoms with Crippen molar-refractivity contribution in [1.29, 1.82) is 0 Å². The van der Waals surface area contributed by atoms with Crippen molar-refractivity contribution in [3.05, 3.63) is 52.7 Å². The lowest BCUT2D eigenvalue weighted by atomic mass is 10.4. The maximum absolute atomic E-state index is 12.6. The topological polar surface area (TPSA) is 115 Å². The minimum atomic E-state index is -3.97. The van der Waals surface area contributed by atoms with Crippen molar-refractivity contribution in [2.45, 2.75) is 4.90 Å². The van der Waals surface area contributed by atoms with Gasteiger partial charge in [-0.3, -0.25) is 4.72 Å². The van der Waals surface area contributed by atoms with Gasteiger partial charge in [0.2, 0.25) is 5.95 Å². The molecule has 0 amide bonds. The summed E-state index contributed by atoms with van der Waals surface area (Å²) in [6.45, 7) is 0. The number of sulfonamides is 1. The Bertz CT molecular complexity index is 731. The van der Waals surface area contributed by atoms with Gasteiger partial charge in [-0.15, -0.1) is 0 Å². The molecule has 0 spiro atoms. The van der Waals surface area contributed by atoms with E-state index in [-0.39, 0.29) is 10.6 Å². The van der Waals surface area contributed by atoms with Crippen LogP contribution in [0.5, 0.6) is 0 Å². The van der Waals surface area contributed by atoms with E-state index in [4.69, 9.17) is 0 Å². The minimum Gasteiger partial charge on any atom is -0.358 e. The third kappa shape index (κ3) is 3.03. The first-order valence-electron chi connectivity index (χ1n) is 5.13. The van der Waals surface area contributed by atoms with Crippen LogP contribution in [0.4, 0.5) is 15.9 Å². The molecule has 0 aromatic carbocycles. The Hall–Kier alpha value is -2.62. The van der Waals surface area contributed by atoms with E-state index < -0.39 is 26.7 Å². The lowest BCUT2D eigenvalue weighted by molar-refractivity contribution is -0.389. The summed E-state index contributed by atoms with van der Waals surface area (Å²) in [4.78, 5) is 16.1. The molecule has 10 heteroatoms. The maximum Gasteiger partial charge on any atom is 0.363 e. The minimum absolute atomic E-state index is 0.0600. The number of hydrogen-bond acceptors (Lipinski definition) is 6. The van der Waals surface area contributed by atoms with Gasteiger partial charge in [-0.1, -0.05) is 0 Å². The van der Waals surface area contributed by atoms with Crippen LogP contribution in [-0.4, -0.2) is 23.3 Å². The fraction of sp³-hybridized carbons (Fsp3) is 0. The van der Waals surface area contributed by atoms with Gasteiger partial charge >= 0.3 is 5.82 Å². The van der Waals surface area contributed by atoms with Crippen molar-refractivity contribution in [3.63, 3.8) is 0 Å². The van der Waals surface area contributed by atoms with Gasteiger partial charge in [0.1, 0.15) is 4.90 Å². The van der Waals surface area contributed by atoms with Gasteiger partial charge in [0.25, 0.3) is 10.0 Å². The van der Waals surface area contributed by atoms with E-state index >= 15 is 0 Å². The second kappa shape index (κ2) is 5.17. The average molecular weight is 298 g/mol. The molecule has 8 nitrogen and oxygen atoms in total. The third-order valence-electron chi connectivity index (χ3n) is 2.20. The Morgan fingerprint density at radius 3 is 2.40 bits per heavy atom. The van der Waals surface area contributed by atoms with E-state index in [0.29, 0.717) is 0 Å². The zero-order valence-electron chi connectivity index (χ0n) is 9.72. The number of aromatic nitrogens is 2. The lowest BCUT2D eigenvalue weighted by Gasteiger charge is -2.06. The van der Waals surface area contributed by atoms with Crippen LogP contribution in [0.15, 0.2) is 41.6 Å². The van der Waals surface area contributed by atoms with Gasteiger partial charge in [0.15, 0.2) is 6.20 Å². The smallest absolute Gasteiger partial charge is 0.358 e. The van der Waals surface area contributed by atoms with Crippen LogP contribution >= 0.6 is 0 Å². The fourth-order valence-electron chi connectivity index (χ4n) is 1.29. The van der Waals surface area contributed by atoms with Crippen LogP contribution in [0.25, 0.3) is 0 Å². The van der Waals surface area contributed by atoms with Gasteiger partial charge in [-0.2, -0.15) is 4.39 Å². The second-order valence-corrected chi connectivity index (χ2v) is 5.27. The molecule has 0 atom stereocenters. The van der Waals surface area contributed by atoms with E-state index in [1.807, 2.05) is 0 Å². The summed E-state index contributed by atoms with van der Waals surface area (Å²) in [6.07, 6.45) is 1.86. The summed E-state index contributed by atoms with van der Waals surface area (Å²) in [5.74, 6) is -1.21. The highest BCUT2D eigenvalue weighted by Gasteiger charge is 2.18. The monoisotopic (exact) mass is 298 g/mol. The zero-order chi connectivity index (χ0) is 14.8. The first kappa shape index (κ1) is 13.8. The molecule has 0 unspecified atom stereocenters. The van der Waals surface area contributed by atoms with Crippen molar-refractivity contribution >= 4 is 21.5 Å². The molecule has 0 bridgehead atoms. The van der Waals surface area contributed by atoms with Crippen molar-refractivity contribution in [2.75, 3.05) is 4.72 Å². The molecular weight excluding hydrogens is 291 g/mol. The second-order valence-electron chi connectivity index (χ2n) is 3.58. The largest absolute Gasteiger partial charge is 0.363 e. The van der Waals surface area contributed by atoms with Crippen molar-refractivity contribution in [2.24, 2.45) is 0 Å². The molecule has 2 aromatic heterocycles. The zero-order valence-corrected chi connectivity index (χ0v) is 10.5. The molecule has 0 aliphatic carbocycles. The van der Waals surface area contributed by atoms with Gasteiger partial charge in [-0.05, 0) is 28.1 Å². The summed E-state index contributed by atoms with van der Waals surface area (Å²) in [5, 5.41) is 10.4. The summed E-state index contributed by atoms with van der Waals surface area (Å²) in [5.41, 5.74) is 0.0600. The Morgan fingerprint density at radius 1 is 1.15 bits per heavy atom. The Labute approximate surface area is 112 Å². The molecule has 0 fully saturated rings. The van der Waals surface area contributed by atoms with Crippen molar-refractivity contribution in [3.8, 4) is 0 Å². The average Bonchev–Trinajstić information content (AvgIpc) is 2.41.